The van der Waals surface area contributed by atoms with Crippen LogP contribution in [0.3, 0.4) is 0 Å². The molecule has 0 fully saturated rings. The molecule has 0 aliphatic heterocycles. The van der Waals surface area contributed by atoms with Crippen LogP contribution in [0.2, 0.25) is 0 Å². The zero-order chi connectivity index (χ0) is 11.4. The lowest BCUT2D eigenvalue weighted by molar-refractivity contribution is 0.554. The van der Waals surface area contributed by atoms with Crippen molar-refractivity contribution in [1.29, 1.82) is 0 Å². The number of unbranched alkanes of at least 4 members (excludes halogenated alkanes) is 9. The van der Waals surface area contributed by atoms with Gasteiger partial charge in [0, 0.05) is 0 Å². The van der Waals surface area contributed by atoms with Gasteiger partial charge in [0.1, 0.15) is 0 Å². The fourth-order valence-corrected chi connectivity index (χ4v) is 2.38. The first-order valence-electron chi connectivity index (χ1n) is 6.55. The topological polar surface area (TPSA) is 0 Å². The maximum atomic E-state index is 5.88. The number of hydrogen-bond donors (Lipinski definition) is 0. The minimum Gasteiger partial charge on any atom is -0.111 e. The van der Waals surface area contributed by atoms with Gasteiger partial charge in [-0.15, -0.1) is 11.6 Å². The fraction of sp³-hybridized carbons (Fsp3) is 1.00. The molecule has 15 heavy (non-hydrogen) atoms. The van der Waals surface area contributed by atoms with Crippen LogP contribution in [0.5, 0.6) is 0 Å². The molecule has 0 saturated heterocycles. The van der Waals surface area contributed by atoms with Crippen molar-refractivity contribution in [3.63, 3.8) is 0 Å². The second-order valence-corrected chi connectivity index (χ2v) is 7.13. The minimum atomic E-state index is 0.344. The zero-order valence-electron chi connectivity index (χ0n) is 10.1. The molecule has 0 saturated carbocycles. The van der Waals surface area contributed by atoms with Gasteiger partial charge in [-0.1, -0.05) is 93.7 Å². The third kappa shape index (κ3) is 15.0. The molecule has 0 heterocycles. The predicted octanol–water partition coefficient (Wildman–Crippen LogP) is 6.30. The number of rotatable bonds is 11. The van der Waals surface area contributed by atoms with E-state index in [1.54, 1.807) is 0 Å². The molecule has 92 valence electrons. The third-order valence-electron chi connectivity index (χ3n) is 2.78. The molecule has 0 aliphatic carbocycles. The van der Waals surface area contributed by atoms with Crippen molar-refractivity contribution in [2.45, 2.75) is 80.9 Å². The lowest BCUT2D eigenvalue weighted by Gasteiger charge is -2.02. The average molecular weight is 345 g/mol. The number of hydrogen-bond acceptors (Lipinski definition) is 0. The van der Waals surface area contributed by atoms with E-state index in [-0.39, 0.29) is 0 Å². The van der Waals surface area contributed by atoms with Crippen molar-refractivity contribution in [2.75, 3.05) is 0 Å². The Labute approximate surface area is 115 Å². The molecule has 0 aliphatic rings. The van der Waals surface area contributed by atoms with E-state index in [0.717, 1.165) is 0 Å². The SMILES string of the molecule is CCCCCCCCCCCCC(Cl)I. The summed E-state index contributed by atoms with van der Waals surface area (Å²) in [5.74, 6) is 0. The van der Waals surface area contributed by atoms with Gasteiger partial charge in [0.05, 0.1) is 3.38 Å². The predicted molar refractivity (Wildman–Crippen MR) is 80.1 cm³/mol. The molecule has 1 atom stereocenters. The van der Waals surface area contributed by atoms with E-state index >= 15 is 0 Å². The van der Waals surface area contributed by atoms with E-state index in [2.05, 4.69) is 29.5 Å². The summed E-state index contributed by atoms with van der Waals surface area (Å²) in [7, 11) is 0. The molecular formula is C13H26ClI. The van der Waals surface area contributed by atoms with Gasteiger partial charge in [0.25, 0.3) is 0 Å². The van der Waals surface area contributed by atoms with Gasteiger partial charge in [-0.3, -0.25) is 0 Å². The van der Waals surface area contributed by atoms with E-state index < -0.39 is 0 Å². The van der Waals surface area contributed by atoms with Crippen molar-refractivity contribution in [2.24, 2.45) is 0 Å². The van der Waals surface area contributed by atoms with Crippen LogP contribution in [0.15, 0.2) is 0 Å². The summed E-state index contributed by atoms with van der Waals surface area (Å²) in [6.07, 6.45) is 15.3. The van der Waals surface area contributed by atoms with E-state index in [1.165, 1.54) is 70.6 Å². The van der Waals surface area contributed by atoms with Gasteiger partial charge >= 0.3 is 0 Å². The Balaban J connectivity index is 2.87. The highest BCUT2D eigenvalue weighted by Crippen LogP contribution is 2.16. The Morgan fingerprint density at radius 3 is 1.60 bits per heavy atom. The quantitative estimate of drug-likeness (QED) is 0.234. The molecule has 0 bridgehead atoms. The van der Waals surface area contributed by atoms with E-state index in [4.69, 9.17) is 11.6 Å². The Hall–Kier alpha value is 1.02. The molecule has 2 heteroatoms. The largest absolute Gasteiger partial charge is 0.111 e. The summed E-state index contributed by atoms with van der Waals surface area (Å²) >= 11 is 8.17. The highest BCUT2D eigenvalue weighted by Gasteiger charge is 1.97. The van der Waals surface area contributed by atoms with Crippen LogP contribution in [0.4, 0.5) is 0 Å². The maximum absolute atomic E-state index is 5.88. The molecule has 0 radical (unpaired) electrons. The Kier molecular flexibility index (Phi) is 14.0. The van der Waals surface area contributed by atoms with Crippen LogP contribution < -0.4 is 0 Å². The van der Waals surface area contributed by atoms with E-state index in [0.29, 0.717) is 3.38 Å². The molecule has 0 spiro atoms. The zero-order valence-corrected chi connectivity index (χ0v) is 13.0. The molecule has 0 rings (SSSR count). The molecule has 0 aromatic heterocycles. The Bertz CT molecular complexity index is 115. The lowest BCUT2D eigenvalue weighted by Crippen LogP contribution is -1.86. The van der Waals surface area contributed by atoms with E-state index in [1.807, 2.05) is 0 Å². The van der Waals surface area contributed by atoms with Crippen LogP contribution >= 0.6 is 34.2 Å². The second kappa shape index (κ2) is 13.1. The summed E-state index contributed by atoms with van der Waals surface area (Å²) < 4.78 is 0.344. The maximum Gasteiger partial charge on any atom is 0.0850 e. The Morgan fingerprint density at radius 2 is 1.20 bits per heavy atom. The van der Waals surface area contributed by atoms with Gasteiger partial charge in [-0.2, -0.15) is 0 Å². The third-order valence-corrected chi connectivity index (χ3v) is 3.62. The van der Waals surface area contributed by atoms with Crippen molar-refractivity contribution < 1.29 is 0 Å². The van der Waals surface area contributed by atoms with Crippen LogP contribution in [0.1, 0.15) is 77.6 Å². The summed E-state index contributed by atoms with van der Waals surface area (Å²) in [4.78, 5) is 0. The Morgan fingerprint density at radius 1 is 0.800 bits per heavy atom. The van der Waals surface area contributed by atoms with Gasteiger partial charge in [0.15, 0.2) is 0 Å². The first-order chi connectivity index (χ1) is 7.27. The van der Waals surface area contributed by atoms with Gasteiger partial charge in [-0.25, -0.2) is 0 Å². The van der Waals surface area contributed by atoms with Crippen LogP contribution in [-0.4, -0.2) is 3.38 Å². The van der Waals surface area contributed by atoms with E-state index in [9.17, 15) is 0 Å². The first-order valence-corrected chi connectivity index (χ1v) is 8.23. The normalized spacial score (nSPS) is 13.0. The second-order valence-electron chi connectivity index (χ2n) is 4.36. The summed E-state index contributed by atoms with van der Waals surface area (Å²) in [6, 6.07) is 0. The fourth-order valence-electron chi connectivity index (χ4n) is 1.79. The smallest absolute Gasteiger partial charge is 0.0850 e. The van der Waals surface area contributed by atoms with Gasteiger partial charge in [0.2, 0.25) is 0 Å². The molecule has 0 aromatic rings. The number of alkyl halides is 2. The van der Waals surface area contributed by atoms with Crippen molar-refractivity contribution in [3.05, 3.63) is 0 Å². The molecule has 0 nitrogen and oxygen atoms in total. The minimum absolute atomic E-state index is 0.344. The van der Waals surface area contributed by atoms with Gasteiger partial charge < -0.3 is 0 Å². The van der Waals surface area contributed by atoms with Crippen LogP contribution in [-0.2, 0) is 0 Å². The number of halogens is 2. The molecule has 0 aromatic carbocycles. The van der Waals surface area contributed by atoms with Crippen molar-refractivity contribution in [3.8, 4) is 0 Å². The van der Waals surface area contributed by atoms with Crippen LogP contribution in [0, 0.1) is 0 Å². The average Bonchev–Trinajstić information content (AvgIpc) is 2.20. The standard InChI is InChI=1S/C13H26ClI/c1-2-3-4-5-6-7-8-9-10-11-12-13(14)15/h13H,2-12H2,1H3. The molecule has 0 N–H and O–H groups in total. The molecule has 0 amide bonds. The molecule has 1 unspecified atom stereocenters. The van der Waals surface area contributed by atoms with Gasteiger partial charge in [-0.05, 0) is 6.42 Å². The highest BCUT2D eigenvalue weighted by molar-refractivity contribution is 14.1. The first kappa shape index (κ1) is 16.0. The summed E-state index contributed by atoms with van der Waals surface area (Å²) in [5, 5.41) is 0. The van der Waals surface area contributed by atoms with Crippen molar-refractivity contribution >= 4 is 34.2 Å². The monoisotopic (exact) mass is 344 g/mol. The lowest BCUT2D eigenvalue weighted by atomic mass is 10.1. The summed E-state index contributed by atoms with van der Waals surface area (Å²) in [5.41, 5.74) is 0. The highest BCUT2D eigenvalue weighted by atomic mass is 127. The van der Waals surface area contributed by atoms with Crippen LogP contribution in [0.25, 0.3) is 0 Å². The molecular weight excluding hydrogens is 318 g/mol. The summed E-state index contributed by atoms with van der Waals surface area (Å²) in [6.45, 7) is 2.28. The van der Waals surface area contributed by atoms with Crippen molar-refractivity contribution in [1.82, 2.24) is 0 Å².